The van der Waals surface area contributed by atoms with Crippen LogP contribution < -0.4 is 0 Å². The smallest absolute Gasteiger partial charge is 0.335 e. The van der Waals surface area contributed by atoms with Gasteiger partial charge in [0.2, 0.25) is 0 Å². The number of aromatic carboxylic acids is 1. The first kappa shape index (κ1) is 14.9. The summed E-state index contributed by atoms with van der Waals surface area (Å²) in [5.74, 6) is -0.289. The molecule has 1 rings (SSSR count). The van der Waals surface area contributed by atoms with Crippen LogP contribution in [0.25, 0.3) is 0 Å². The Labute approximate surface area is 111 Å². The fraction of sp³-hybridized carbons (Fsp3) is 0.500. The predicted molar refractivity (Wildman–Crippen MR) is 73.4 cm³/mol. The van der Waals surface area contributed by atoms with Crippen molar-refractivity contribution in [2.45, 2.75) is 43.9 Å². The molecule has 0 heterocycles. The van der Waals surface area contributed by atoms with Crippen LogP contribution in [0, 0.1) is 0 Å². The molecule has 3 nitrogen and oxygen atoms in total. The molecule has 0 fully saturated rings. The molecule has 100 valence electrons. The van der Waals surface area contributed by atoms with Crippen molar-refractivity contribution in [1.82, 2.24) is 0 Å². The van der Waals surface area contributed by atoms with Crippen LogP contribution in [0.4, 0.5) is 0 Å². The zero-order chi connectivity index (χ0) is 13.4. The molecule has 1 atom stereocenters. The van der Waals surface area contributed by atoms with E-state index in [2.05, 4.69) is 6.92 Å². The molecular weight excluding hydrogens is 248 g/mol. The fourth-order valence-corrected chi connectivity index (χ4v) is 2.85. The number of carboxylic acids is 1. The van der Waals surface area contributed by atoms with Crippen molar-refractivity contribution in [2.75, 3.05) is 5.75 Å². The van der Waals surface area contributed by atoms with E-state index >= 15 is 0 Å². The highest BCUT2D eigenvalue weighted by Gasteiger charge is 2.06. The first-order chi connectivity index (χ1) is 8.65. The highest BCUT2D eigenvalue weighted by atomic mass is 32.2. The minimum atomic E-state index is -1.00. The number of carbonyl (C=O) groups is 1. The maximum atomic E-state index is 11.9. The van der Waals surface area contributed by atoms with Gasteiger partial charge in [0.15, 0.2) is 0 Å². The second-order valence-corrected chi connectivity index (χ2v) is 5.86. The summed E-state index contributed by atoms with van der Waals surface area (Å²) in [7, 11) is -1.00. The molecule has 1 N–H and O–H groups in total. The fourth-order valence-electron chi connectivity index (χ4n) is 1.70. The highest BCUT2D eigenvalue weighted by molar-refractivity contribution is 7.85. The molecule has 1 unspecified atom stereocenters. The Morgan fingerprint density at radius 3 is 2.28 bits per heavy atom. The molecule has 0 aliphatic rings. The largest absolute Gasteiger partial charge is 0.478 e. The molecule has 0 aliphatic carbocycles. The average molecular weight is 268 g/mol. The average Bonchev–Trinajstić information content (AvgIpc) is 2.38. The quantitative estimate of drug-likeness (QED) is 0.734. The number of carboxylic acid groups (broad SMARTS) is 1. The van der Waals surface area contributed by atoms with Crippen LogP contribution in [-0.2, 0) is 10.8 Å². The summed E-state index contributed by atoms with van der Waals surface area (Å²) >= 11 is 0. The lowest BCUT2D eigenvalue weighted by atomic mass is 10.2. The molecule has 0 saturated carbocycles. The van der Waals surface area contributed by atoms with E-state index in [0.717, 1.165) is 17.7 Å². The molecule has 0 amide bonds. The van der Waals surface area contributed by atoms with Crippen LogP contribution in [0.1, 0.15) is 49.4 Å². The van der Waals surface area contributed by atoms with E-state index in [1.54, 1.807) is 12.1 Å². The Bertz CT molecular complexity index is 398. The van der Waals surface area contributed by atoms with Crippen molar-refractivity contribution in [3.05, 3.63) is 29.8 Å². The van der Waals surface area contributed by atoms with Crippen molar-refractivity contribution in [1.29, 1.82) is 0 Å². The maximum Gasteiger partial charge on any atom is 0.335 e. The second-order valence-electron chi connectivity index (χ2n) is 4.29. The third-order valence-electron chi connectivity index (χ3n) is 2.80. The summed E-state index contributed by atoms with van der Waals surface area (Å²) < 4.78 is 11.9. The minimum Gasteiger partial charge on any atom is -0.478 e. The van der Waals surface area contributed by atoms with Crippen molar-refractivity contribution < 1.29 is 14.1 Å². The molecule has 1 aromatic rings. The number of hydrogen-bond acceptors (Lipinski definition) is 2. The van der Waals surface area contributed by atoms with E-state index in [4.69, 9.17) is 5.11 Å². The Morgan fingerprint density at radius 1 is 1.11 bits per heavy atom. The third-order valence-corrected chi connectivity index (χ3v) is 4.25. The van der Waals surface area contributed by atoms with Gasteiger partial charge in [0.05, 0.1) is 16.4 Å². The minimum absolute atomic E-state index is 0.235. The van der Waals surface area contributed by atoms with Crippen LogP contribution in [0.5, 0.6) is 0 Å². The number of rotatable bonds is 8. The Kier molecular flexibility index (Phi) is 6.65. The van der Waals surface area contributed by atoms with Gasteiger partial charge in [0, 0.05) is 10.6 Å². The predicted octanol–water partition coefficient (Wildman–Crippen LogP) is 3.46. The summed E-state index contributed by atoms with van der Waals surface area (Å²) in [6, 6.07) is 6.30. The van der Waals surface area contributed by atoms with E-state index < -0.39 is 16.8 Å². The van der Waals surface area contributed by atoms with Crippen molar-refractivity contribution >= 4 is 16.8 Å². The number of benzene rings is 1. The Balaban J connectivity index is 2.39. The topological polar surface area (TPSA) is 54.4 Å². The normalized spacial score (nSPS) is 12.3. The maximum absolute atomic E-state index is 11.9. The van der Waals surface area contributed by atoms with Crippen molar-refractivity contribution in [2.24, 2.45) is 0 Å². The molecule has 18 heavy (non-hydrogen) atoms. The second kappa shape index (κ2) is 8.03. The van der Waals surface area contributed by atoms with E-state index in [0.29, 0.717) is 5.75 Å². The Hall–Kier alpha value is -1.16. The van der Waals surface area contributed by atoms with E-state index in [9.17, 15) is 9.00 Å². The van der Waals surface area contributed by atoms with Crippen LogP contribution >= 0.6 is 0 Å². The van der Waals surface area contributed by atoms with Crippen LogP contribution in [0.2, 0.25) is 0 Å². The Morgan fingerprint density at radius 2 is 1.72 bits per heavy atom. The van der Waals surface area contributed by atoms with Gasteiger partial charge in [-0.3, -0.25) is 4.21 Å². The first-order valence-electron chi connectivity index (χ1n) is 6.37. The van der Waals surface area contributed by atoms with Crippen LogP contribution in [0.15, 0.2) is 29.2 Å². The molecule has 0 bridgehead atoms. The van der Waals surface area contributed by atoms with Gasteiger partial charge in [-0.15, -0.1) is 0 Å². The van der Waals surface area contributed by atoms with E-state index in [1.165, 1.54) is 31.4 Å². The van der Waals surface area contributed by atoms with E-state index in [1.807, 2.05) is 0 Å². The van der Waals surface area contributed by atoms with Crippen LogP contribution in [-0.4, -0.2) is 21.0 Å². The zero-order valence-corrected chi connectivity index (χ0v) is 11.5. The molecule has 0 radical (unpaired) electrons. The molecular formula is C14H20O3S. The molecule has 0 aromatic heterocycles. The van der Waals surface area contributed by atoms with Gasteiger partial charge in [-0.25, -0.2) is 4.79 Å². The molecule has 0 aliphatic heterocycles. The van der Waals surface area contributed by atoms with Crippen molar-refractivity contribution in [3.8, 4) is 0 Å². The lowest BCUT2D eigenvalue weighted by Gasteiger charge is -2.03. The summed E-state index contributed by atoms with van der Waals surface area (Å²) in [5.41, 5.74) is 0.235. The zero-order valence-electron chi connectivity index (χ0n) is 10.7. The summed E-state index contributed by atoms with van der Waals surface area (Å²) in [4.78, 5) is 11.4. The monoisotopic (exact) mass is 268 g/mol. The lowest BCUT2D eigenvalue weighted by Crippen LogP contribution is -2.00. The lowest BCUT2D eigenvalue weighted by molar-refractivity contribution is 0.0697. The first-order valence-corrected chi connectivity index (χ1v) is 7.68. The third kappa shape index (κ3) is 5.00. The van der Waals surface area contributed by atoms with E-state index in [-0.39, 0.29) is 5.56 Å². The molecule has 0 spiro atoms. The van der Waals surface area contributed by atoms with Gasteiger partial charge in [-0.2, -0.15) is 0 Å². The van der Waals surface area contributed by atoms with Gasteiger partial charge >= 0.3 is 5.97 Å². The summed E-state index contributed by atoms with van der Waals surface area (Å²) in [6.07, 6.45) is 5.73. The standard InChI is InChI=1S/C14H20O3S/c1-2-3-4-5-6-11-18(17)13-9-7-12(8-10-13)14(15)16/h7-10H,2-6,11H2,1H3,(H,15,16). The van der Waals surface area contributed by atoms with Crippen LogP contribution in [0.3, 0.4) is 0 Å². The van der Waals surface area contributed by atoms with Gasteiger partial charge < -0.3 is 5.11 Å². The van der Waals surface area contributed by atoms with Gasteiger partial charge in [-0.05, 0) is 30.7 Å². The van der Waals surface area contributed by atoms with Gasteiger partial charge in [0.25, 0.3) is 0 Å². The van der Waals surface area contributed by atoms with Gasteiger partial charge in [-0.1, -0.05) is 32.6 Å². The van der Waals surface area contributed by atoms with Gasteiger partial charge in [0.1, 0.15) is 0 Å². The molecule has 0 saturated heterocycles. The van der Waals surface area contributed by atoms with Crippen molar-refractivity contribution in [3.63, 3.8) is 0 Å². The summed E-state index contributed by atoms with van der Waals surface area (Å²) in [5, 5.41) is 8.76. The highest BCUT2D eigenvalue weighted by Crippen LogP contribution is 2.11. The molecule has 4 heteroatoms. The number of unbranched alkanes of at least 4 members (excludes halogenated alkanes) is 4. The number of hydrogen-bond donors (Lipinski definition) is 1. The summed E-state index contributed by atoms with van der Waals surface area (Å²) in [6.45, 7) is 2.17. The SMILES string of the molecule is CCCCCCCS(=O)c1ccc(C(=O)O)cc1. The molecule has 1 aromatic carbocycles.